The molecular weight excluding hydrogens is 454 g/mol. The summed E-state index contributed by atoms with van der Waals surface area (Å²) >= 11 is 12.8. The van der Waals surface area contributed by atoms with E-state index in [1.54, 1.807) is 25.5 Å². The molecule has 4 rings (SSSR count). The molecule has 8 heteroatoms. The second-order valence-electron chi connectivity index (χ2n) is 6.64. The fraction of sp³-hybridized carbons (Fsp3) is 0.130. The number of halogens is 1. The molecule has 1 amide bonds. The van der Waals surface area contributed by atoms with Crippen LogP contribution >= 0.6 is 35.6 Å². The average Bonchev–Trinajstić information content (AvgIpc) is 3.38. The topological polar surface area (TPSA) is 51.9 Å². The summed E-state index contributed by atoms with van der Waals surface area (Å²) in [6.45, 7) is 0.633. The highest BCUT2D eigenvalue weighted by atomic mass is 35.5. The average molecular weight is 472 g/mol. The largest absolute Gasteiger partial charge is 0.493 e. The van der Waals surface area contributed by atoms with Crippen molar-refractivity contribution in [3.8, 4) is 11.5 Å². The Morgan fingerprint density at radius 1 is 1.16 bits per heavy atom. The van der Waals surface area contributed by atoms with E-state index in [0.717, 1.165) is 11.1 Å². The van der Waals surface area contributed by atoms with Gasteiger partial charge in [-0.05, 0) is 42.0 Å². The highest BCUT2D eigenvalue weighted by Gasteiger charge is 2.32. The number of nitrogens with zero attached hydrogens (tertiary/aromatic N) is 1. The number of hydrogen-bond donors (Lipinski definition) is 0. The van der Waals surface area contributed by atoms with E-state index in [1.807, 2.05) is 48.5 Å². The van der Waals surface area contributed by atoms with Crippen LogP contribution in [-0.2, 0) is 17.9 Å². The Kier molecular flexibility index (Phi) is 6.65. The van der Waals surface area contributed by atoms with Gasteiger partial charge in [0.1, 0.15) is 16.7 Å². The predicted molar refractivity (Wildman–Crippen MR) is 126 cm³/mol. The molecule has 1 aliphatic heterocycles. The number of benzene rings is 2. The van der Waals surface area contributed by atoms with Gasteiger partial charge in [0.15, 0.2) is 11.5 Å². The Bertz CT molecular complexity index is 1140. The normalized spacial score (nSPS) is 15.0. The number of amides is 1. The summed E-state index contributed by atoms with van der Waals surface area (Å²) in [5, 5.41) is 0.648. The summed E-state index contributed by atoms with van der Waals surface area (Å²) in [5.74, 6) is 1.68. The van der Waals surface area contributed by atoms with Crippen LogP contribution in [0.15, 0.2) is 70.2 Å². The summed E-state index contributed by atoms with van der Waals surface area (Å²) in [6.07, 6.45) is 3.37. The molecule has 0 aliphatic carbocycles. The molecular formula is C23H18ClNO4S2. The number of carbonyl (C=O) groups excluding carboxylic acids is 1. The lowest BCUT2D eigenvalue weighted by molar-refractivity contribution is -0.122. The van der Waals surface area contributed by atoms with Gasteiger partial charge in [-0.25, -0.2) is 0 Å². The number of carbonyl (C=O) groups is 1. The number of methoxy groups -OCH3 is 1. The van der Waals surface area contributed by atoms with E-state index in [2.05, 4.69) is 0 Å². The Hall–Kier alpha value is -2.74. The molecule has 0 N–H and O–H groups in total. The third kappa shape index (κ3) is 4.95. The van der Waals surface area contributed by atoms with Crippen LogP contribution in [-0.4, -0.2) is 22.2 Å². The molecule has 2 heterocycles. The van der Waals surface area contributed by atoms with Crippen molar-refractivity contribution in [2.45, 2.75) is 13.2 Å². The van der Waals surface area contributed by atoms with E-state index in [-0.39, 0.29) is 5.91 Å². The third-order valence-electron chi connectivity index (χ3n) is 4.59. The van der Waals surface area contributed by atoms with E-state index < -0.39 is 0 Å². The minimum absolute atomic E-state index is 0.149. The molecule has 158 valence electrons. The summed E-state index contributed by atoms with van der Waals surface area (Å²) in [5.41, 5.74) is 1.69. The second-order valence-corrected chi connectivity index (χ2v) is 8.72. The third-order valence-corrected chi connectivity index (χ3v) is 6.34. The van der Waals surface area contributed by atoms with Crippen LogP contribution in [0.1, 0.15) is 16.9 Å². The van der Waals surface area contributed by atoms with Gasteiger partial charge in [0, 0.05) is 10.6 Å². The number of ether oxygens (including phenoxy) is 2. The SMILES string of the molecule is COc1cc(C=C2SC(=S)N(Cc3ccco3)C2=O)ccc1OCc1ccccc1Cl. The Morgan fingerprint density at radius 3 is 2.74 bits per heavy atom. The quantitative estimate of drug-likeness (QED) is 0.315. The van der Waals surface area contributed by atoms with Gasteiger partial charge in [-0.3, -0.25) is 9.69 Å². The van der Waals surface area contributed by atoms with Crippen molar-refractivity contribution in [1.82, 2.24) is 4.90 Å². The van der Waals surface area contributed by atoms with E-state index in [9.17, 15) is 4.79 Å². The van der Waals surface area contributed by atoms with Crippen LogP contribution in [0.3, 0.4) is 0 Å². The number of thiocarbonyl (C=S) groups is 1. The molecule has 1 aliphatic rings. The van der Waals surface area contributed by atoms with Crippen LogP contribution in [0.4, 0.5) is 0 Å². The highest BCUT2D eigenvalue weighted by Crippen LogP contribution is 2.36. The van der Waals surface area contributed by atoms with Crippen molar-refractivity contribution in [2.24, 2.45) is 0 Å². The maximum absolute atomic E-state index is 12.8. The molecule has 5 nitrogen and oxygen atoms in total. The Morgan fingerprint density at radius 2 is 2.00 bits per heavy atom. The van der Waals surface area contributed by atoms with Gasteiger partial charge in [0.05, 0.1) is 24.8 Å². The van der Waals surface area contributed by atoms with Gasteiger partial charge < -0.3 is 13.9 Å². The number of hydrogen-bond acceptors (Lipinski definition) is 6. The molecule has 1 fully saturated rings. The molecule has 0 unspecified atom stereocenters. The molecule has 2 aromatic carbocycles. The van der Waals surface area contributed by atoms with Crippen LogP contribution in [0.25, 0.3) is 6.08 Å². The zero-order valence-electron chi connectivity index (χ0n) is 16.5. The number of furan rings is 1. The second kappa shape index (κ2) is 9.60. The van der Waals surface area contributed by atoms with Crippen molar-refractivity contribution in [3.63, 3.8) is 0 Å². The van der Waals surface area contributed by atoms with Gasteiger partial charge in [-0.15, -0.1) is 0 Å². The Labute approximate surface area is 194 Å². The van der Waals surface area contributed by atoms with Crippen molar-refractivity contribution >= 4 is 51.9 Å². The molecule has 0 bridgehead atoms. The summed E-state index contributed by atoms with van der Waals surface area (Å²) in [6, 6.07) is 16.6. The first-order valence-electron chi connectivity index (χ1n) is 9.37. The zero-order chi connectivity index (χ0) is 21.8. The van der Waals surface area contributed by atoms with Gasteiger partial charge in [0.2, 0.25) is 0 Å². The Balaban J connectivity index is 1.49. The van der Waals surface area contributed by atoms with Gasteiger partial charge in [-0.2, -0.15) is 0 Å². The summed E-state index contributed by atoms with van der Waals surface area (Å²) in [4.78, 5) is 14.9. The monoisotopic (exact) mass is 471 g/mol. The fourth-order valence-electron chi connectivity index (χ4n) is 3.01. The number of thioether (sulfide) groups is 1. The maximum Gasteiger partial charge on any atom is 0.266 e. The molecule has 0 radical (unpaired) electrons. The van der Waals surface area contributed by atoms with Crippen LogP contribution in [0.5, 0.6) is 11.5 Å². The fourth-order valence-corrected chi connectivity index (χ4v) is 4.46. The van der Waals surface area contributed by atoms with Gasteiger partial charge in [0.25, 0.3) is 5.91 Å². The first-order chi connectivity index (χ1) is 15.0. The van der Waals surface area contributed by atoms with Crippen molar-refractivity contribution in [3.05, 3.63) is 87.7 Å². The lowest BCUT2D eigenvalue weighted by atomic mass is 10.1. The van der Waals surface area contributed by atoms with Crippen LogP contribution in [0.2, 0.25) is 5.02 Å². The van der Waals surface area contributed by atoms with E-state index in [4.69, 9.17) is 37.7 Å². The minimum atomic E-state index is -0.149. The van der Waals surface area contributed by atoms with Gasteiger partial charge >= 0.3 is 0 Å². The zero-order valence-corrected chi connectivity index (χ0v) is 18.9. The molecule has 1 saturated heterocycles. The minimum Gasteiger partial charge on any atom is -0.493 e. The van der Waals surface area contributed by atoms with Crippen LogP contribution < -0.4 is 9.47 Å². The summed E-state index contributed by atoms with van der Waals surface area (Å²) < 4.78 is 17.2. The predicted octanol–water partition coefficient (Wildman–Crippen LogP) is 5.92. The first-order valence-corrected chi connectivity index (χ1v) is 11.0. The standard InChI is InChI=1S/C23H18ClNO4S2/c1-27-20-11-15(8-9-19(20)29-14-16-5-2-3-7-18(16)24)12-21-22(26)25(23(30)31-21)13-17-6-4-10-28-17/h2-12H,13-14H2,1H3. The smallest absolute Gasteiger partial charge is 0.266 e. The van der Waals surface area contributed by atoms with Crippen molar-refractivity contribution < 1.29 is 18.7 Å². The summed E-state index contributed by atoms with van der Waals surface area (Å²) in [7, 11) is 1.57. The van der Waals surface area contributed by atoms with Crippen molar-refractivity contribution in [2.75, 3.05) is 7.11 Å². The first kappa shape index (κ1) is 21.5. The lowest BCUT2D eigenvalue weighted by Crippen LogP contribution is -2.27. The molecule has 0 spiro atoms. The van der Waals surface area contributed by atoms with Crippen LogP contribution in [0, 0.1) is 0 Å². The number of rotatable bonds is 7. The molecule has 1 aromatic heterocycles. The highest BCUT2D eigenvalue weighted by molar-refractivity contribution is 8.26. The van der Waals surface area contributed by atoms with E-state index in [1.165, 1.54) is 16.7 Å². The molecule has 31 heavy (non-hydrogen) atoms. The van der Waals surface area contributed by atoms with E-state index in [0.29, 0.717) is 44.7 Å². The lowest BCUT2D eigenvalue weighted by Gasteiger charge is -2.12. The van der Waals surface area contributed by atoms with Gasteiger partial charge in [-0.1, -0.05) is 59.8 Å². The van der Waals surface area contributed by atoms with E-state index >= 15 is 0 Å². The molecule has 3 aromatic rings. The maximum atomic E-state index is 12.8. The molecule has 0 atom stereocenters. The molecule has 0 saturated carbocycles. The van der Waals surface area contributed by atoms with Crippen molar-refractivity contribution in [1.29, 1.82) is 0 Å².